The largest absolute Gasteiger partial charge is 0.367 e. The normalized spacial score (nSPS) is 9.33. The lowest BCUT2D eigenvalue weighted by atomic mass is 10.1. The van der Waals surface area contributed by atoms with Crippen molar-refractivity contribution >= 4 is 5.82 Å². The molecule has 100 valence electrons. The van der Waals surface area contributed by atoms with Crippen molar-refractivity contribution in [2.45, 2.75) is 59.4 Å². The first-order valence-electron chi connectivity index (χ1n) is 6.92. The molecular weight excluding hydrogens is 222 g/mol. The van der Waals surface area contributed by atoms with Crippen molar-refractivity contribution in [2.24, 2.45) is 0 Å². The summed E-state index contributed by atoms with van der Waals surface area (Å²) in [6.07, 6.45) is 6.28. The van der Waals surface area contributed by atoms with Crippen LogP contribution < -0.4 is 5.32 Å². The van der Waals surface area contributed by atoms with Crippen LogP contribution in [0.25, 0.3) is 0 Å². The van der Waals surface area contributed by atoms with E-state index >= 15 is 0 Å². The first kappa shape index (κ1) is 16.4. The van der Waals surface area contributed by atoms with Crippen LogP contribution in [-0.2, 0) is 0 Å². The third kappa shape index (κ3) is 6.24. The van der Waals surface area contributed by atoms with Gasteiger partial charge in [-0.05, 0) is 25.0 Å². The van der Waals surface area contributed by atoms with Crippen LogP contribution in [0.4, 0.5) is 5.82 Å². The van der Waals surface area contributed by atoms with E-state index in [-0.39, 0.29) is 0 Å². The van der Waals surface area contributed by atoms with Crippen LogP contribution in [0, 0.1) is 11.3 Å². The van der Waals surface area contributed by atoms with E-state index in [0.717, 1.165) is 18.7 Å². The standard InChI is InChI=1S/C13H19N3.C2H6/c1-3-5-12(6-4-2)16-13-8-7-11(9-14)10-15-13;1-2/h7-8,10,12H,3-6H2,1-2H3,(H,15,16);1-2H3. The predicted octanol–water partition coefficient (Wildman–Crippen LogP) is 4.36. The lowest BCUT2D eigenvalue weighted by Gasteiger charge is -2.17. The first-order chi connectivity index (χ1) is 8.80. The molecule has 1 aromatic heterocycles. The van der Waals surface area contributed by atoms with Gasteiger partial charge >= 0.3 is 0 Å². The molecule has 3 nitrogen and oxygen atoms in total. The minimum Gasteiger partial charge on any atom is -0.367 e. The van der Waals surface area contributed by atoms with E-state index in [1.807, 2.05) is 19.9 Å². The van der Waals surface area contributed by atoms with Gasteiger partial charge in [0.1, 0.15) is 11.9 Å². The lowest BCUT2D eigenvalue weighted by molar-refractivity contribution is 0.584. The fraction of sp³-hybridized carbons (Fsp3) is 0.600. The molecule has 1 aromatic rings. The smallest absolute Gasteiger partial charge is 0.126 e. The monoisotopic (exact) mass is 247 g/mol. The van der Waals surface area contributed by atoms with Gasteiger partial charge in [0.2, 0.25) is 0 Å². The molecule has 0 aliphatic carbocycles. The average Bonchev–Trinajstić information content (AvgIpc) is 2.42. The fourth-order valence-corrected chi connectivity index (χ4v) is 1.74. The van der Waals surface area contributed by atoms with Gasteiger partial charge in [-0.3, -0.25) is 0 Å². The van der Waals surface area contributed by atoms with E-state index in [2.05, 4.69) is 30.2 Å². The number of nitrogens with one attached hydrogen (secondary N) is 1. The van der Waals surface area contributed by atoms with E-state index in [0.29, 0.717) is 11.6 Å². The molecule has 0 fully saturated rings. The molecule has 0 saturated carbocycles. The maximum absolute atomic E-state index is 8.67. The van der Waals surface area contributed by atoms with Crippen LogP contribution in [0.2, 0.25) is 0 Å². The Labute approximate surface area is 111 Å². The molecule has 0 bridgehead atoms. The third-order valence-electron chi connectivity index (χ3n) is 2.52. The predicted molar refractivity (Wildman–Crippen MR) is 77.5 cm³/mol. The highest BCUT2D eigenvalue weighted by atomic mass is 15.0. The zero-order valence-corrected chi connectivity index (χ0v) is 12.0. The van der Waals surface area contributed by atoms with Crippen LogP contribution in [0.15, 0.2) is 18.3 Å². The Balaban J connectivity index is 0.00000137. The second kappa shape index (κ2) is 10.6. The van der Waals surface area contributed by atoms with Crippen molar-refractivity contribution in [3.8, 4) is 6.07 Å². The number of nitrogens with zero attached hydrogens (tertiary/aromatic N) is 2. The molecular formula is C15H25N3. The Morgan fingerprint density at radius 3 is 2.22 bits per heavy atom. The summed E-state index contributed by atoms with van der Waals surface area (Å²) in [6, 6.07) is 6.23. The summed E-state index contributed by atoms with van der Waals surface area (Å²) in [6.45, 7) is 8.38. The number of anilines is 1. The molecule has 3 heteroatoms. The van der Waals surface area contributed by atoms with Crippen molar-refractivity contribution in [3.05, 3.63) is 23.9 Å². The number of pyridine rings is 1. The Morgan fingerprint density at radius 2 is 1.83 bits per heavy atom. The molecule has 18 heavy (non-hydrogen) atoms. The van der Waals surface area contributed by atoms with E-state index < -0.39 is 0 Å². The van der Waals surface area contributed by atoms with Gasteiger partial charge in [0.05, 0.1) is 5.56 Å². The molecule has 0 saturated heterocycles. The third-order valence-corrected chi connectivity index (χ3v) is 2.52. The maximum Gasteiger partial charge on any atom is 0.126 e. The fourth-order valence-electron chi connectivity index (χ4n) is 1.74. The second-order valence-corrected chi connectivity index (χ2v) is 3.96. The molecule has 0 amide bonds. The van der Waals surface area contributed by atoms with E-state index in [4.69, 9.17) is 5.26 Å². The Morgan fingerprint density at radius 1 is 1.22 bits per heavy atom. The van der Waals surface area contributed by atoms with Gasteiger partial charge in [-0.15, -0.1) is 0 Å². The molecule has 0 unspecified atom stereocenters. The number of hydrogen-bond acceptors (Lipinski definition) is 3. The molecule has 0 aliphatic heterocycles. The molecule has 0 aromatic carbocycles. The van der Waals surface area contributed by atoms with Crippen molar-refractivity contribution in [1.29, 1.82) is 5.26 Å². The molecule has 0 aliphatic rings. The topological polar surface area (TPSA) is 48.7 Å². The summed E-state index contributed by atoms with van der Waals surface area (Å²) in [4.78, 5) is 4.22. The zero-order chi connectivity index (χ0) is 13.8. The van der Waals surface area contributed by atoms with E-state index in [9.17, 15) is 0 Å². The van der Waals surface area contributed by atoms with Gasteiger partial charge in [0.25, 0.3) is 0 Å². The van der Waals surface area contributed by atoms with Crippen molar-refractivity contribution in [1.82, 2.24) is 4.98 Å². The van der Waals surface area contributed by atoms with Gasteiger partial charge in [-0.25, -0.2) is 4.98 Å². The molecule has 1 rings (SSSR count). The molecule has 0 radical (unpaired) electrons. The van der Waals surface area contributed by atoms with E-state index in [1.165, 1.54) is 12.8 Å². The van der Waals surface area contributed by atoms with Crippen molar-refractivity contribution in [2.75, 3.05) is 5.32 Å². The summed E-state index contributed by atoms with van der Waals surface area (Å²) in [5.41, 5.74) is 0.605. The zero-order valence-electron chi connectivity index (χ0n) is 12.0. The minimum absolute atomic E-state index is 0.496. The summed E-state index contributed by atoms with van der Waals surface area (Å²) < 4.78 is 0. The second-order valence-electron chi connectivity index (χ2n) is 3.96. The van der Waals surface area contributed by atoms with Gasteiger partial charge in [-0.2, -0.15) is 5.26 Å². The van der Waals surface area contributed by atoms with Gasteiger partial charge in [0, 0.05) is 12.2 Å². The molecule has 0 spiro atoms. The molecule has 1 heterocycles. The SMILES string of the molecule is CC.CCCC(CCC)Nc1ccc(C#N)cn1. The Kier molecular flexibility index (Phi) is 9.67. The van der Waals surface area contributed by atoms with Gasteiger partial charge in [0.15, 0.2) is 0 Å². The van der Waals surface area contributed by atoms with Gasteiger partial charge < -0.3 is 5.32 Å². The highest BCUT2D eigenvalue weighted by Gasteiger charge is 2.06. The number of aromatic nitrogens is 1. The van der Waals surface area contributed by atoms with Crippen molar-refractivity contribution < 1.29 is 0 Å². The summed E-state index contributed by atoms with van der Waals surface area (Å²) >= 11 is 0. The van der Waals surface area contributed by atoms with Crippen LogP contribution in [0.3, 0.4) is 0 Å². The summed E-state index contributed by atoms with van der Waals surface area (Å²) in [5, 5.41) is 12.1. The summed E-state index contributed by atoms with van der Waals surface area (Å²) in [5.74, 6) is 0.867. The quantitative estimate of drug-likeness (QED) is 0.812. The molecule has 0 atom stereocenters. The number of hydrogen-bond donors (Lipinski definition) is 1. The van der Waals surface area contributed by atoms with Gasteiger partial charge in [-0.1, -0.05) is 40.5 Å². The van der Waals surface area contributed by atoms with Crippen LogP contribution in [0.5, 0.6) is 0 Å². The molecule has 1 N–H and O–H groups in total. The lowest BCUT2D eigenvalue weighted by Crippen LogP contribution is -2.19. The number of rotatable bonds is 6. The first-order valence-corrected chi connectivity index (χ1v) is 6.92. The average molecular weight is 247 g/mol. The Hall–Kier alpha value is -1.56. The van der Waals surface area contributed by atoms with Crippen molar-refractivity contribution in [3.63, 3.8) is 0 Å². The maximum atomic E-state index is 8.67. The highest BCUT2D eigenvalue weighted by molar-refractivity contribution is 5.39. The number of nitriles is 1. The minimum atomic E-state index is 0.496. The highest BCUT2D eigenvalue weighted by Crippen LogP contribution is 2.12. The summed E-state index contributed by atoms with van der Waals surface area (Å²) in [7, 11) is 0. The van der Waals surface area contributed by atoms with E-state index in [1.54, 1.807) is 12.3 Å². The van der Waals surface area contributed by atoms with Crippen LogP contribution in [-0.4, -0.2) is 11.0 Å². The van der Waals surface area contributed by atoms with Crippen LogP contribution >= 0.6 is 0 Å². The Bertz CT molecular complexity index is 332. The van der Waals surface area contributed by atoms with Crippen LogP contribution in [0.1, 0.15) is 58.9 Å².